The van der Waals surface area contributed by atoms with Crippen molar-refractivity contribution in [2.45, 2.75) is 63.1 Å². The van der Waals surface area contributed by atoms with E-state index in [9.17, 15) is 41.5 Å². The van der Waals surface area contributed by atoms with Gasteiger partial charge >= 0.3 is 30.7 Å². The van der Waals surface area contributed by atoms with Gasteiger partial charge in [-0.15, -0.1) is 0 Å². The highest BCUT2D eigenvalue weighted by Gasteiger charge is 2.39. The van der Waals surface area contributed by atoms with Crippen molar-refractivity contribution in [1.82, 2.24) is 10.2 Å². The van der Waals surface area contributed by atoms with Gasteiger partial charge in [0.2, 0.25) is 0 Å². The average Bonchev–Trinajstić information content (AvgIpc) is 4.08. The third kappa shape index (κ3) is 12.9. The van der Waals surface area contributed by atoms with Gasteiger partial charge in [0, 0.05) is 24.1 Å². The number of rotatable bonds is 15. The molecule has 1 aromatic heterocycles. The van der Waals surface area contributed by atoms with Crippen molar-refractivity contribution in [3.05, 3.63) is 128 Å². The molecule has 0 radical (unpaired) electrons. The predicted molar refractivity (Wildman–Crippen MR) is 214 cm³/mol. The molecule has 63 heavy (non-hydrogen) atoms. The molecule has 3 aliphatic heterocycles. The van der Waals surface area contributed by atoms with E-state index >= 15 is 0 Å². The monoisotopic (exact) mass is 923 g/mol. The summed E-state index contributed by atoms with van der Waals surface area (Å²) in [7, 11) is 0. The molecule has 1 unspecified atom stereocenters. The number of carbonyl (C=O) groups excluding carboxylic acids is 3. The van der Waals surface area contributed by atoms with Crippen molar-refractivity contribution in [2.75, 3.05) is 26.2 Å². The van der Waals surface area contributed by atoms with E-state index in [1.807, 2.05) is 0 Å². The average molecular weight is 925 g/mol. The number of amides is 1. The van der Waals surface area contributed by atoms with E-state index in [4.69, 9.17) is 52.1 Å². The molecule has 20 heteroatoms. The van der Waals surface area contributed by atoms with E-state index in [-0.39, 0.29) is 69.2 Å². The maximum absolute atomic E-state index is 13.9. The smallest absolute Gasteiger partial charge is 0.490 e. The number of fused-ring (bicyclic) bond motifs is 3. The highest BCUT2D eigenvalue weighted by molar-refractivity contribution is 6.35. The summed E-state index contributed by atoms with van der Waals surface area (Å²) in [5.74, 6) is -4.42. The standard InChI is InChI=1S/C41H39Cl2F2N3O8.C2HF3O2/c42-31-20-48(52)21-32(43)30(31)19-34(27-11-12-33(56-41(44)45)35(18-27)53-23-24-9-10-24)54-39(50)29-8-4-7-28(17-29)38(49)46-37(26-5-2-1-3-6-26)40(51)55-36-22-47-15-13-25(36)14-16-47;3-2(4,5)1(6)7/h1-8,11-12,17-18,20-21,24-25,34,36-37,41H,9-10,13-16,19,22-23H2,(H,46,49);(H,6,7)/t34-,36-,37?;/m0./s1. The van der Waals surface area contributed by atoms with Gasteiger partial charge in [-0.05, 0) is 92.1 Å². The Kier molecular flexibility index (Phi) is 15.3. The number of nitrogens with zero attached hydrogens (tertiary/aromatic N) is 2. The Morgan fingerprint density at radius 2 is 1.52 bits per heavy atom. The molecule has 4 aromatic rings. The highest BCUT2D eigenvalue weighted by Crippen LogP contribution is 2.38. The summed E-state index contributed by atoms with van der Waals surface area (Å²) in [6.07, 6.45) is -0.617. The van der Waals surface area contributed by atoms with Crippen molar-refractivity contribution in [3.8, 4) is 11.5 Å². The molecule has 3 aromatic carbocycles. The van der Waals surface area contributed by atoms with Crippen LogP contribution in [0.25, 0.3) is 0 Å². The topological polar surface area (TPSA) is 168 Å². The first-order valence-corrected chi connectivity index (χ1v) is 20.4. The van der Waals surface area contributed by atoms with E-state index in [2.05, 4.69) is 10.2 Å². The first-order valence-electron chi connectivity index (χ1n) is 19.6. The number of benzene rings is 3. The van der Waals surface area contributed by atoms with Crippen LogP contribution in [0.5, 0.6) is 11.5 Å². The molecule has 2 bridgehead atoms. The Balaban J connectivity index is 0.000000871. The largest absolute Gasteiger partial charge is 0.619 e. The van der Waals surface area contributed by atoms with E-state index in [1.165, 1.54) is 42.5 Å². The lowest BCUT2D eigenvalue weighted by atomic mass is 9.86. The number of carboxylic acid groups (broad SMARTS) is 1. The summed E-state index contributed by atoms with van der Waals surface area (Å²) in [4.78, 5) is 52.4. The summed E-state index contributed by atoms with van der Waals surface area (Å²) in [5.41, 5.74) is 1.23. The number of esters is 2. The van der Waals surface area contributed by atoms with Gasteiger partial charge in [0.1, 0.15) is 22.3 Å². The molecular weight excluding hydrogens is 884 g/mol. The number of halogens is 7. The number of ether oxygens (including phenoxy) is 4. The Bertz CT molecular complexity index is 2250. The fraction of sp³-hybridized carbons (Fsp3) is 0.372. The summed E-state index contributed by atoms with van der Waals surface area (Å²) in [5, 5.41) is 21.9. The molecule has 2 N–H and O–H groups in total. The first kappa shape index (κ1) is 46.8. The zero-order chi connectivity index (χ0) is 45.4. The Morgan fingerprint density at radius 3 is 2.11 bits per heavy atom. The SMILES string of the molecule is O=C(NC(C(=O)O[C@H]1CN2CCC1CC2)c1ccccc1)c1cccc(C(=O)O[C@@H](Cc2c(Cl)c[n+]([O-])cc2Cl)c2ccc(OC(F)F)c(OCC3CC3)c2)c1.O=C(O)C(F)(F)F. The second kappa shape index (κ2) is 20.6. The van der Waals surface area contributed by atoms with Crippen LogP contribution in [0, 0.1) is 17.0 Å². The van der Waals surface area contributed by atoms with E-state index in [0.29, 0.717) is 22.4 Å². The third-order valence-corrected chi connectivity index (χ3v) is 11.2. The van der Waals surface area contributed by atoms with Gasteiger partial charge in [-0.3, -0.25) is 9.69 Å². The number of pyridine rings is 1. The van der Waals surface area contributed by atoms with Gasteiger partial charge in [0.15, 0.2) is 29.9 Å². The molecule has 3 saturated heterocycles. The Morgan fingerprint density at radius 1 is 0.873 bits per heavy atom. The summed E-state index contributed by atoms with van der Waals surface area (Å²) >= 11 is 12.8. The zero-order valence-electron chi connectivity index (χ0n) is 33.1. The predicted octanol–water partition coefficient (Wildman–Crippen LogP) is 7.90. The van der Waals surface area contributed by atoms with Crippen molar-refractivity contribution >= 4 is 47.0 Å². The first-order chi connectivity index (χ1) is 29.9. The number of hydrogen-bond acceptors (Lipinski definition) is 10. The van der Waals surface area contributed by atoms with Crippen LogP contribution in [0.3, 0.4) is 0 Å². The van der Waals surface area contributed by atoms with Crippen LogP contribution in [-0.4, -0.2) is 79.0 Å². The number of aromatic nitrogens is 1. The lowest BCUT2D eigenvalue weighted by Crippen LogP contribution is -2.52. The number of aliphatic carboxylic acids is 1. The molecule has 1 aliphatic carbocycles. The van der Waals surface area contributed by atoms with Crippen LogP contribution >= 0.6 is 23.2 Å². The van der Waals surface area contributed by atoms with Gasteiger partial charge in [0.05, 0.1) is 12.2 Å². The van der Waals surface area contributed by atoms with Crippen LogP contribution in [0.4, 0.5) is 22.0 Å². The van der Waals surface area contributed by atoms with Crippen molar-refractivity contribution in [2.24, 2.45) is 11.8 Å². The highest BCUT2D eigenvalue weighted by atomic mass is 35.5. The molecule has 336 valence electrons. The van der Waals surface area contributed by atoms with Gasteiger partial charge in [-0.25, -0.2) is 14.4 Å². The molecule has 1 saturated carbocycles. The number of carboxylic acids is 1. The summed E-state index contributed by atoms with van der Waals surface area (Å²) in [6, 6.07) is 17.6. The Hall–Kier alpha value is -5.72. The normalized spacial score (nSPS) is 18.9. The lowest BCUT2D eigenvalue weighted by Gasteiger charge is -2.44. The number of piperidine rings is 3. The molecule has 4 fully saturated rings. The molecule has 0 spiro atoms. The quantitative estimate of drug-likeness (QED) is 0.0515. The minimum absolute atomic E-state index is 0.000663. The van der Waals surface area contributed by atoms with Gasteiger partial charge in [-0.2, -0.15) is 26.7 Å². The van der Waals surface area contributed by atoms with Crippen molar-refractivity contribution < 1.29 is 69.9 Å². The maximum Gasteiger partial charge on any atom is 0.490 e. The molecule has 8 rings (SSSR count). The van der Waals surface area contributed by atoms with Crippen LogP contribution in [-0.2, 0) is 25.5 Å². The van der Waals surface area contributed by atoms with Crippen molar-refractivity contribution in [1.29, 1.82) is 0 Å². The molecule has 3 atom stereocenters. The number of hydrogen-bond donors (Lipinski definition) is 2. The fourth-order valence-corrected chi connectivity index (χ4v) is 7.64. The zero-order valence-corrected chi connectivity index (χ0v) is 34.6. The van der Waals surface area contributed by atoms with Crippen LogP contribution in [0.1, 0.15) is 75.2 Å². The second-order valence-corrected chi connectivity index (χ2v) is 15.9. The minimum atomic E-state index is -5.08. The second-order valence-electron chi connectivity index (χ2n) is 15.0. The molecule has 4 aliphatic rings. The van der Waals surface area contributed by atoms with Crippen molar-refractivity contribution in [3.63, 3.8) is 0 Å². The van der Waals surface area contributed by atoms with E-state index in [0.717, 1.165) is 51.2 Å². The molecule has 1 amide bonds. The maximum atomic E-state index is 13.9. The summed E-state index contributed by atoms with van der Waals surface area (Å²) < 4.78 is 81.3. The number of nitrogens with one attached hydrogen (secondary N) is 1. The van der Waals surface area contributed by atoms with Crippen LogP contribution < -0.4 is 19.5 Å². The third-order valence-electron chi connectivity index (χ3n) is 10.5. The minimum Gasteiger partial charge on any atom is -0.619 e. The molecular formula is C43H40Cl2F5N3O10. The molecule has 4 heterocycles. The Labute approximate surface area is 367 Å². The number of alkyl halides is 5. The van der Waals surface area contributed by atoms with Crippen LogP contribution in [0.15, 0.2) is 85.2 Å². The van der Waals surface area contributed by atoms with Gasteiger partial charge < -0.3 is 34.6 Å². The van der Waals surface area contributed by atoms with Gasteiger partial charge in [0.25, 0.3) is 5.91 Å². The lowest BCUT2D eigenvalue weighted by molar-refractivity contribution is -0.605. The number of carbonyl (C=O) groups is 4. The van der Waals surface area contributed by atoms with Crippen LogP contribution in [0.2, 0.25) is 10.0 Å². The summed E-state index contributed by atoms with van der Waals surface area (Å²) in [6.45, 7) is -0.220. The van der Waals surface area contributed by atoms with Gasteiger partial charge in [-0.1, -0.05) is 65.7 Å². The van der Waals surface area contributed by atoms with E-state index < -0.39 is 48.7 Å². The van der Waals surface area contributed by atoms with E-state index in [1.54, 1.807) is 30.3 Å². The molecule has 13 nitrogen and oxygen atoms in total. The fourth-order valence-electron chi connectivity index (χ4n) is 7.05.